The highest BCUT2D eigenvalue weighted by atomic mass is 17.2. The molecule has 1 aromatic rings. The number of aliphatic hydroxyl groups excluding tert-OH is 1. The van der Waals surface area contributed by atoms with Crippen LogP contribution in [0.3, 0.4) is 0 Å². The molecule has 23 heavy (non-hydrogen) atoms. The molecule has 1 aromatic carbocycles. The van der Waals surface area contributed by atoms with Crippen molar-refractivity contribution in [2.24, 2.45) is 0 Å². The molecule has 1 unspecified atom stereocenters. The highest BCUT2D eigenvalue weighted by Crippen LogP contribution is 2.36. The second-order valence-corrected chi connectivity index (χ2v) is 5.96. The van der Waals surface area contributed by atoms with Gasteiger partial charge in [0.05, 0.1) is 25.5 Å². The van der Waals surface area contributed by atoms with Crippen LogP contribution in [0.5, 0.6) is 5.75 Å². The van der Waals surface area contributed by atoms with Crippen molar-refractivity contribution in [3.8, 4) is 5.75 Å². The Morgan fingerprint density at radius 3 is 2.87 bits per heavy atom. The third-order valence-corrected chi connectivity index (χ3v) is 3.88. The van der Waals surface area contributed by atoms with Gasteiger partial charge in [-0.05, 0) is 43.9 Å². The summed E-state index contributed by atoms with van der Waals surface area (Å²) >= 11 is 0. The smallest absolute Gasteiger partial charge is 0.346 e. The zero-order valence-electron chi connectivity index (χ0n) is 13.5. The van der Waals surface area contributed by atoms with Gasteiger partial charge in [0.25, 0.3) is 0 Å². The normalized spacial score (nSPS) is 19.9. The lowest BCUT2D eigenvalue weighted by atomic mass is 9.87. The van der Waals surface area contributed by atoms with Crippen LogP contribution in [-0.2, 0) is 21.0 Å². The number of rotatable bonds is 7. The van der Waals surface area contributed by atoms with Gasteiger partial charge in [-0.25, -0.2) is 4.79 Å². The van der Waals surface area contributed by atoms with Gasteiger partial charge < -0.3 is 9.84 Å². The summed E-state index contributed by atoms with van der Waals surface area (Å²) in [5.41, 5.74) is 0.650. The lowest BCUT2D eigenvalue weighted by molar-refractivity contribution is -0.254. The average Bonchev–Trinajstić information content (AvgIpc) is 2.47. The fraction of sp³-hybridized carbons (Fsp3) is 0.529. The Morgan fingerprint density at radius 1 is 1.39 bits per heavy atom. The van der Waals surface area contributed by atoms with E-state index in [1.165, 1.54) is 7.11 Å². The number of hydrogen-bond acceptors (Lipinski definition) is 6. The van der Waals surface area contributed by atoms with Gasteiger partial charge in [-0.1, -0.05) is 6.07 Å². The van der Waals surface area contributed by atoms with Crippen LogP contribution >= 0.6 is 0 Å². The van der Waals surface area contributed by atoms with Gasteiger partial charge in [-0.15, -0.1) is 0 Å². The van der Waals surface area contributed by atoms with E-state index in [9.17, 15) is 9.59 Å². The predicted octanol–water partition coefficient (Wildman–Crippen LogP) is 2.22. The largest absolute Gasteiger partial charge is 0.486 e. The molecule has 0 radical (unpaired) electrons. The second kappa shape index (κ2) is 7.57. The SMILES string of the molecule is COOC(=O)Cc1ccc2c(c1)OC(C)(CCCCO)CC2=O. The third-order valence-electron chi connectivity index (χ3n) is 3.88. The van der Waals surface area contributed by atoms with Crippen molar-refractivity contribution in [2.75, 3.05) is 13.7 Å². The van der Waals surface area contributed by atoms with E-state index in [1.54, 1.807) is 18.2 Å². The zero-order chi connectivity index (χ0) is 16.9. The van der Waals surface area contributed by atoms with Gasteiger partial charge in [0.15, 0.2) is 5.78 Å². The van der Waals surface area contributed by atoms with E-state index in [0.29, 0.717) is 36.1 Å². The van der Waals surface area contributed by atoms with Gasteiger partial charge >= 0.3 is 5.97 Å². The van der Waals surface area contributed by atoms with E-state index in [-0.39, 0.29) is 18.8 Å². The van der Waals surface area contributed by atoms with Crippen LogP contribution in [0.15, 0.2) is 18.2 Å². The molecule has 6 nitrogen and oxygen atoms in total. The molecule has 1 heterocycles. The quantitative estimate of drug-likeness (QED) is 0.471. The number of unbranched alkanes of at least 4 members (excludes halogenated alkanes) is 1. The number of fused-ring (bicyclic) bond motifs is 1. The van der Waals surface area contributed by atoms with Gasteiger partial charge in [-0.3, -0.25) is 9.68 Å². The topological polar surface area (TPSA) is 82.1 Å². The van der Waals surface area contributed by atoms with Crippen LogP contribution in [-0.4, -0.2) is 36.2 Å². The Morgan fingerprint density at radius 2 is 2.17 bits per heavy atom. The van der Waals surface area contributed by atoms with Crippen molar-refractivity contribution in [1.29, 1.82) is 0 Å². The summed E-state index contributed by atoms with van der Waals surface area (Å²) in [6.45, 7) is 2.03. The summed E-state index contributed by atoms with van der Waals surface area (Å²) in [5, 5.41) is 8.89. The zero-order valence-corrected chi connectivity index (χ0v) is 13.5. The number of Topliss-reactive ketones (excluding diaryl/α,β-unsaturated/α-hetero) is 1. The monoisotopic (exact) mass is 322 g/mol. The molecule has 6 heteroatoms. The Hall–Kier alpha value is -1.92. The maximum Gasteiger partial charge on any atom is 0.346 e. The molecule has 1 atom stereocenters. The summed E-state index contributed by atoms with van der Waals surface area (Å²) in [4.78, 5) is 32.6. The number of carbonyl (C=O) groups excluding carboxylic acids is 2. The second-order valence-electron chi connectivity index (χ2n) is 5.96. The maximum atomic E-state index is 12.3. The molecule has 1 aliphatic rings. The standard InChI is InChI=1S/C17H22O6/c1-17(7-3-4-8-18)11-14(19)13-6-5-12(9-15(13)22-17)10-16(20)23-21-2/h5-6,9,18H,3-4,7-8,10-11H2,1-2H3. The molecular formula is C17H22O6. The first-order chi connectivity index (χ1) is 11.0. The molecule has 2 rings (SSSR count). The summed E-state index contributed by atoms with van der Waals surface area (Å²) in [6.07, 6.45) is 2.52. The Balaban J connectivity index is 2.14. The van der Waals surface area contributed by atoms with Crippen molar-refractivity contribution in [2.45, 2.75) is 44.6 Å². The first kappa shape index (κ1) is 17.4. The van der Waals surface area contributed by atoms with E-state index in [1.807, 2.05) is 6.92 Å². The first-order valence-corrected chi connectivity index (χ1v) is 7.67. The molecule has 0 aromatic heterocycles. The number of carbonyl (C=O) groups is 2. The fourth-order valence-electron chi connectivity index (χ4n) is 2.77. The third kappa shape index (κ3) is 4.53. The molecule has 1 N–H and O–H groups in total. The molecule has 0 saturated heterocycles. The number of ketones is 1. The highest BCUT2D eigenvalue weighted by Gasteiger charge is 2.36. The number of ether oxygens (including phenoxy) is 1. The molecule has 0 bridgehead atoms. The van der Waals surface area contributed by atoms with Crippen LogP contribution in [0.4, 0.5) is 0 Å². The van der Waals surface area contributed by atoms with Crippen molar-refractivity contribution in [3.05, 3.63) is 29.3 Å². The minimum Gasteiger partial charge on any atom is -0.486 e. The van der Waals surface area contributed by atoms with E-state index < -0.39 is 11.6 Å². The first-order valence-electron chi connectivity index (χ1n) is 7.67. The van der Waals surface area contributed by atoms with Crippen LogP contribution in [0.2, 0.25) is 0 Å². The van der Waals surface area contributed by atoms with Crippen LogP contribution < -0.4 is 4.74 Å². The summed E-state index contributed by atoms with van der Waals surface area (Å²) < 4.78 is 6.03. The molecular weight excluding hydrogens is 300 g/mol. The van der Waals surface area contributed by atoms with Crippen LogP contribution in [0.1, 0.15) is 48.5 Å². The lowest BCUT2D eigenvalue weighted by Crippen LogP contribution is -2.39. The molecule has 0 fully saturated rings. The van der Waals surface area contributed by atoms with Crippen molar-refractivity contribution in [3.63, 3.8) is 0 Å². The molecule has 0 saturated carbocycles. The summed E-state index contributed by atoms with van der Waals surface area (Å²) in [6, 6.07) is 5.10. The van der Waals surface area contributed by atoms with Crippen LogP contribution in [0, 0.1) is 0 Å². The average molecular weight is 322 g/mol. The number of benzene rings is 1. The van der Waals surface area contributed by atoms with Crippen molar-refractivity contribution < 1.29 is 29.2 Å². The van der Waals surface area contributed by atoms with Gasteiger partial charge in [0.2, 0.25) is 0 Å². The van der Waals surface area contributed by atoms with Gasteiger partial charge in [0, 0.05) is 6.61 Å². The van der Waals surface area contributed by atoms with E-state index in [4.69, 9.17) is 9.84 Å². The van der Waals surface area contributed by atoms with Gasteiger partial charge in [-0.2, -0.15) is 4.89 Å². The number of hydrogen-bond donors (Lipinski definition) is 1. The molecule has 1 aliphatic heterocycles. The maximum absolute atomic E-state index is 12.3. The van der Waals surface area contributed by atoms with E-state index in [2.05, 4.69) is 9.78 Å². The van der Waals surface area contributed by atoms with E-state index in [0.717, 1.165) is 6.42 Å². The van der Waals surface area contributed by atoms with Crippen molar-refractivity contribution in [1.82, 2.24) is 0 Å². The molecule has 0 amide bonds. The number of aliphatic hydroxyl groups is 1. The minimum absolute atomic E-state index is 0.0313. The Kier molecular flexibility index (Phi) is 5.74. The van der Waals surface area contributed by atoms with E-state index >= 15 is 0 Å². The lowest BCUT2D eigenvalue weighted by Gasteiger charge is -2.35. The highest BCUT2D eigenvalue weighted by molar-refractivity contribution is 6.00. The molecule has 126 valence electrons. The molecule has 0 aliphatic carbocycles. The Labute approximate surface area is 135 Å². The minimum atomic E-state index is -0.578. The summed E-state index contributed by atoms with van der Waals surface area (Å²) in [5.74, 6) is 0.0134. The van der Waals surface area contributed by atoms with Crippen LogP contribution in [0.25, 0.3) is 0 Å². The Bertz CT molecular complexity index is 582. The molecule has 0 spiro atoms. The van der Waals surface area contributed by atoms with Gasteiger partial charge in [0.1, 0.15) is 11.4 Å². The predicted molar refractivity (Wildman–Crippen MR) is 82.2 cm³/mol. The fourth-order valence-corrected chi connectivity index (χ4v) is 2.77. The summed E-state index contributed by atoms with van der Waals surface area (Å²) in [7, 11) is 1.27. The van der Waals surface area contributed by atoms with Crippen molar-refractivity contribution >= 4 is 11.8 Å².